The molecule has 25 heavy (non-hydrogen) atoms. The van der Waals surface area contributed by atoms with E-state index in [1.54, 1.807) is 24.3 Å². The molecule has 1 heterocycles. The van der Waals surface area contributed by atoms with Crippen molar-refractivity contribution in [3.63, 3.8) is 0 Å². The van der Waals surface area contributed by atoms with Gasteiger partial charge in [-0.25, -0.2) is 27.0 Å². The number of rotatable bonds is 4. The molecular weight excluding hydrogens is 386 g/mol. The van der Waals surface area contributed by atoms with Gasteiger partial charge < -0.3 is 0 Å². The highest BCUT2D eigenvalue weighted by Gasteiger charge is 2.17. The van der Waals surface area contributed by atoms with E-state index in [0.717, 1.165) is 24.3 Å². The fraction of sp³-hybridized carbons (Fsp3) is 0. The Morgan fingerprint density at radius 2 is 1.52 bits per heavy atom. The van der Waals surface area contributed by atoms with Crippen molar-refractivity contribution in [2.24, 2.45) is 5.14 Å². The number of benzene rings is 2. The van der Waals surface area contributed by atoms with E-state index in [2.05, 4.69) is 9.71 Å². The third-order valence-electron chi connectivity index (χ3n) is 3.38. The van der Waals surface area contributed by atoms with Crippen LogP contribution in [0.3, 0.4) is 0 Å². The molecule has 3 rings (SSSR count). The number of hydrogen-bond acceptors (Lipinski definition) is 5. The zero-order valence-electron chi connectivity index (χ0n) is 12.5. The Bertz CT molecular complexity index is 1160. The normalized spacial score (nSPS) is 12.2. The zero-order valence-corrected chi connectivity index (χ0v) is 14.9. The van der Waals surface area contributed by atoms with Crippen molar-refractivity contribution in [2.75, 3.05) is 4.72 Å². The number of aromatic nitrogens is 1. The maximum absolute atomic E-state index is 12.4. The topological polar surface area (TPSA) is 119 Å². The van der Waals surface area contributed by atoms with Crippen LogP contribution in [-0.2, 0) is 20.0 Å². The maximum atomic E-state index is 12.4. The molecule has 2 aromatic carbocycles. The van der Waals surface area contributed by atoms with E-state index in [-0.39, 0.29) is 15.6 Å². The van der Waals surface area contributed by atoms with Gasteiger partial charge in [0.05, 0.1) is 15.3 Å². The van der Waals surface area contributed by atoms with Crippen LogP contribution in [0.5, 0.6) is 0 Å². The van der Waals surface area contributed by atoms with Crippen molar-refractivity contribution in [3.8, 4) is 0 Å². The lowest BCUT2D eigenvalue weighted by molar-refractivity contribution is 0.595. The molecule has 1 aromatic heterocycles. The summed E-state index contributed by atoms with van der Waals surface area (Å²) in [6.07, 6.45) is 0. The van der Waals surface area contributed by atoms with Crippen molar-refractivity contribution in [1.29, 1.82) is 0 Å². The second kappa shape index (κ2) is 6.26. The molecule has 0 fully saturated rings. The number of pyridine rings is 1. The summed E-state index contributed by atoms with van der Waals surface area (Å²) in [7, 11) is -7.83. The average molecular weight is 398 g/mol. The van der Waals surface area contributed by atoms with Gasteiger partial charge in [0.25, 0.3) is 10.0 Å². The van der Waals surface area contributed by atoms with Gasteiger partial charge in [-0.2, -0.15) is 0 Å². The van der Waals surface area contributed by atoms with E-state index in [0.29, 0.717) is 15.9 Å². The molecule has 0 aliphatic heterocycles. The van der Waals surface area contributed by atoms with Gasteiger partial charge in [0, 0.05) is 10.4 Å². The van der Waals surface area contributed by atoms with Gasteiger partial charge in [-0.15, -0.1) is 0 Å². The van der Waals surface area contributed by atoms with E-state index in [4.69, 9.17) is 16.7 Å². The van der Waals surface area contributed by atoms with Crippen LogP contribution in [0.25, 0.3) is 10.9 Å². The third kappa shape index (κ3) is 3.74. The lowest BCUT2D eigenvalue weighted by Gasteiger charge is -2.09. The molecule has 3 N–H and O–H groups in total. The summed E-state index contributed by atoms with van der Waals surface area (Å²) in [4.78, 5) is 3.92. The monoisotopic (exact) mass is 397 g/mol. The lowest BCUT2D eigenvalue weighted by atomic mass is 10.2. The first-order valence-electron chi connectivity index (χ1n) is 6.88. The van der Waals surface area contributed by atoms with Crippen molar-refractivity contribution < 1.29 is 16.8 Å². The van der Waals surface area contributed by atoms with E-state index in [9.17, 15) is 16.8 Å². The van der Waals surface area contributed by atoms with Gasteiger partial charge >= 0.3 is 0 Å². The zero-order chi connectivity index (χ0) is 18.2. The molecule has 0 saturated carbocycles. The molecule has 10 heteroatoms. The van der Waals surface area contributed by atoms with Gasteiger partial charge in [0.2, 0.25) is 10.0 Å². The number of primary sulfonamides is 1. The number of halogens is 1. The number of fused-ring (bicyclic) bond motifs is 1. The predicted molar refractivity (Wildman–Crippen MR) is 95.4 cm³/mol. The highest BCUT2D eigenvalue weighted by molar-refractivity contribution is 7.92. The molecule has 0 radical (unpaired) electrons. The van der Waals surface area contributed by atoms with Crippen LogP contribution in [0.15, 0.2) is 64.4 Å². The molecule has 0 atom stereocenters. The molecule has 0 aliphatic rings. The van der Waals surface area contributed by atoms with Gasteiger partial charge in [0.15, 0.2) is 0 Å². The third-order valence-corrected chi connectivity index (χ3v) is 6.01. The average Bonchev–Trinajstić information content (AvgIpc) is 2.54. The molecule has 3 aromatic rings. The molecule has 0 unspecified atom stereocenters. The minimum atomic E-state index is -3.94. The molecule has 0 saturated heterocycles. The minimum absolute atomic E-state index is 0.116. The summed E-state index contributed by atoms with van der Waals surface area (Å²) >= 11 is 6.05. The minimum Gasteiger partial charge on any atom is -0.263 e. The summed E-state index contributed by atoms with van der Waals surface area (Å²) in [5.74, 6) is 0.116. The largest absolute Gasteiger partial charge is 0.263 e. The molecule has 0 spiro atoms. The number of nitrogens with one attached hydrogen (secondary N) is 1. The first-order valence-corrected chi connectivity index (χ1v) is 10.3. The second-order valence-corrected chi connectivity index (χ2v) is 8.78. The van der Waals surface area contributed by atoms with Gasteiger partial charge in [-0.3, -0.25) is 4.72 Å². The fourth-order valence-corrected chi connectivity index (χ4v) is 3.93. The van der Waals surface area contributed by atoms with Crippen molar-refractivity contribution in [1.82, 2.24) is 4.98 Å². The standard InChI is InChI=1S/C15H12ClN3O4S2/c16-13-2-1-3-14-12(13)8-9-15(18-14)19-25(22,23)11-6-4-10(5-7-11)24(17,20)21/h1-9H,(H,18,19)(H2,17,20,21). The Labute approximate surface area is 149 Å². The first kappa shape index (κ1) is 17.6. The highest BCUT2D eigenvalue weighted by atomic mass is 35.5. The second-order valence-electron chi connectivity index (χ2n) is 5.12. The van der Waals surface area contributed by atoms with Crippen LogP contribution in [0, 0.1) is 0 Å². The molecule has 130 valence electrons. The van der Waals surface area contributed by atoms with E-state index >= 15 is 0 Å². The molecule has 0 aliphatic carbocycles. The Balaban J connectivity index is 1.93. The van der Waals surface area contributed by atoms with Gasteiger partial charge in [-0.1, -0.05) is 17.7 Å². The smallest absolute Gasteiger partial charge is 0.263 e. The number of sulfonamides is 2. The quantitative estimate of drug-likeness (QED) is 0.700. The van der Waals surface area contributed by atoms with Crippen LogP contribution in [0.4, 0.5) is 5.82 Å². The van der Waals surface area contributed by atoms with Crippen LogP contribution in [-0.4, -0.2) is 21.8 Å². The van der Waals surface area contributed by atoms with Crippen molar-refractivity contribution in [2.45, 2.75) is 9.79 Å². The van der Waals surface area contributed by atoms with Crippen LogP contribution in [0.2, 0.25) is 5.02 Å². The first-order chi connectivity index (χ1) is 11.7. The van der Waals surface area contributed by atoms with Crippen LogP contribution < -0.4 is 9.86 Å². The summed E-state index contributed by atoms with van der Waals surface area (Å²) < 4.78 is 49.6. The Morgan fingerprint density at radius 1 is 0.880 bits per heavy atom. The van der Waals surface area contributed by atoms with E-state index < -0.39 is 20.0 Å². The van der Waals surface area contributed by atoms with Gasteiger partial charge in [-0.05, 0) is 48.5 Å². The summed E-state index contributed by atoms with van der Waals surface area (Å²) in [6, 6.07) is 12.8. The van der Waals surface area contributed by atoms with Crippen LogP contribution >= 0.6 is 11.6 Å². The predicted octanol–water partition coefficient (Wildman–Crippen LogP) is 2.34. The van der Waals surface area contributed by atoms with E-state index in [1.807, 2.05) is 0 Å². The number of nitrogens with zero attached hydrogens (tertiary/aromatic N) is 1. The van der Waals surface area contributed by atoms with Crippen LogP contribution in [0.1, 0.15) is 0 Å². The van der Waals surface area contributed by atoms with Crippen molar-refractivity contribution in [3.05, 3.63) is 59.6 Å². The molecule has 7 nitrogen and oxygen atoms in total. The van der Waals surface area contributed by atoms with Gasteiger partial charge in [0.1, 0.15) is 5.82 Å². The lowest BCUT2D eigenvalue weighted by Crippen LogP contribution is -2.15. The summed E-state index contributed by atoms with van der Waals surface area (Å²) in [5, 5.41) is 6.20. The molecule has 0 amide bonds. The highest BCUT2D eigenvalue weighted by Crippen LogP contribution is 2.24. The number of anilines is 1. The summed E-state index contributed by atoms with van der Waals surface area (Å²) in [5.41, 5.74) is 0.539. The Morgan fingerprint density at radius 3 is 2.16 bits per heavy atom. The Kier molecular flexibility index (Phi) is 4.41. The maximum Gasteiger partial charge on any atom is 0.263 e. The molecular formula is C15H12ClN3O4S2. The fourth-order valence-electron chi connectivity index (χ4n) is 2.18. The number of nitrogens with two attached hydrogens (primary N) is 1. The van der Waals surface area contributed by atoms with E-state index in [1.165, 1.54) is 6.07 Å². The Hall–Kier alpha value is -2.20. The molecule has 0 bridgehead atoms. The summed E-state index contributed by atoms with van der Waals surface area (Å²) in [6.45, 7) is 0. The number of hydrogen-bond donors (Lipinski definition) is 2. The van der Waals surface area contributed by atoms with Crippen molar-refractivity contribution >= 4 is 48.4 Å². The SMILES string of the molecule is NS(=O)(=O)c1ccc(S(=O)(=O)Nc2ccc3c(Cl)cccc3n2)cc1.